The Morgan fingerprint density at radius 1 is 1.50 bits per heavy atom. The van der Waals surface area contributed by atoms with Crippen LogP contribution in [-0.2, 0) is 4.79 Å². The number of hydrogen-bond acceptors (Lipinski definition) is 3. The number of carbonyl (C=O) groups excluding carboxylic acids is 1. The summed E-state index contributed by atoms with van der Waals surface area (Å²) in [5.41, 5.74) is 4.99. The van der Waals surface area contributed by atoms with Gasteiger partial charge < -0.3 is 11.1 Å². The minimum absolute atomic E-state index is 0.0486. The van der Waals surface area contributed by atoms with Gasteiger partial charge in [-0.1, -0.05) is 0 Å². The quantitative estimate of drug-likeness (QED) is 0.578. The number of hydrogen-bond donors (Lipinski definition) is 2. The molecule has 0 heterocycles. The molecule has 0 aliphatic carbocycles. The fraction of sp³-hybridized carbons (Fsp3) is 0.875. The Hall–Kier alpha value is -0.610. The van der Waals surface area contributed by atoms with E-state index in [-0.39, 0.29) is 11.9 Å². The number of rotatable bonds is 3. The smallest absolute Gasteiger partial charge is 0.238 e. The highest BCUT2D eigenvalue weighted by Crippen LogP contribution is 1.95. The van der Waals surface area contributed by atoms with Gasteiger partial charge in [-0.25, -0.2) is 0 Å². The minimum Gasteiger partial charge on any atom is -0.337 e. The molecule has 4 heteroatoms. The van der Waals surface area contributed by atoms with E-state index in [1.54, 1.807) is 13.8 Å². The van der Waals surface area contributed by atoms with E-state index < -0.39 is 5.66 Å². The number of carbonyl (C=O) groups is 1. The second-order valence-electron chi connectivity index (χ2n) is 3.85. The fourth-order valence-electron chi connectivity index (χ4n) is 0.656. The third-order valence-electron chi connectivity index (χ3n) is 1.60. The molecule has 0 aromatic heterocycles. The monoisotopic (exact) mass is 173 g/mol. The maximum absolute atomic E-state index is 11.4. The average molecular weight is 173 g/mol. The summed E-state index contributed by atoms with van der Waals surface area (Å²) in [6.45, 7) is 5.35. The van der Waals surface area contributed by atoms with Crippen molar-refractivity contribution in [1.29, 1.82) is 0 Å². The van der Waals surface area contributed by atoms with Crippen LogP contribution in [0.5, 0.6) is 0 Å². The molecular weight excluding hydrogens is 154 g/mol. The summed E-state index contributed by atoms with van der Waals surface area (Å²) in [7, 11) is 3.71. The van der Waals surface area contributed by atoms with Crippen molar-refractivity contribution in [3.63, 3.8) is 0 Å². The molecule has 0 rings (SSSR count). The summed E-state index contributed by atoms with van der Waals surface area (Å²) in [6.07, 6.45) is 0. The van der Waals surface area contributed by atoms with Crippen LogP contribution in [0.15, 0.2) is 0 Å². The highest BCUT2D eigenvalue weighted by Gasteiger charge is 2.20. The zero-order valence-corrected chi connectivity index (χ0v) is 8.51. The van der Waals surface area contributed by atoms with Crippen molar-refractivity contribution in [3.8, 4) is 0 Å². The number of nitrogens with two attached hydrogens (primary N) is 1. The first-order valence-corrected chi connectivity index (χ1v) is 4.01. The Morgan fingerprint density at radius 2 is 1.92 bits per heavy atom. The Morgan fingerprint density at radius 3 is 2.17 bits per heavy atom. The van der Waals surface area contributed by atoms with Gasteiger partial charge in [-0.2, -0.15) is 0 Å². The predicted octanol–water partition coefficient (Wildman–Crippen LogP) is -0.252. The summed E-state index contributed by atoms with van der Waals surface area (Å²) < 4.78 is 0. The third-order valence-corrected chi connectivity index (χ3v) is 1.60. The summed E-state index contributed by atoms with van der Waals surface area (Å²) in [4.78, 5) is 13.2. The molecule has 0 aromatic carbocycles. The SMILES string of the molecule is C[C@@H](C(=O)NC(C)(C)N)N(C)C. The largest absolute Gasteiger partial charge is 0.337 e. The summed E-state index contributed by atoms with van der Waals surface area (Å²) in [5, 5.41) is 2.70. The van der Waals surface area contributed by atoms with Gasteiger partial charge in [0.1, 0.15) is 0 Å². The lowest BCUT2D eigenvalue weighted by molar-refractivity contribution is -0.126. The number of nitrogens with zero attached hydrogens (tertiary/aromatic N) is 1. The van der Waals surface area contributed by atoms with Crippen molar-refractivity contribution in [2.45, 2.75) is 32.5 Å². The average Bonchev–Trinajstić information content (AvgIpc) is 1.82. The molecule has 1 amide bonds. The second-order valence-corrected chi connectivity index (χ2v) is 3.85. The summed E-state index contributed by atoms with van der Waals surface area (Å²) >= 11 is 0. The van der Waals surface area contributed by atoms with Gasteiger partial charge in [0.05, 0.1) is 11.7 Å². The third kappa shape index (κ3) is 4.31. The summed E-state index contributed by atoms with van der Waals surface area (Å²) in [6, 6.07) is -0.146. The molecule has 0 saturated carbocycles. The van der Waals surface area contributed by atoms with Crippen LogP contribution < -0.4 is 11.1 Å². The highest BCUT2D eigenvalue weighted by atomic mass is 16.2. The lowest BCUT2D eigenvalue weighted by Gasteiger charge is -2.25. The predicted molar refractivity (Wildman–Crippen MR) is 49.6 cm³/mol. The van der Waals surface area contributed by atoms with Gasteiger partial charge in [-0.05, 0) is 34.9 Å². The maximum atomic E-state index is 11.4. The van der Waals surface area contributed by atoms with Gasteiger partial charge in [0, 0.05) is 0 Å². The van der Waals surface area contributed by atoms with Crippen molar-refractivity contribution in [3.05, 3.63) is 0 Å². The first kappa shape index (κ1) is 11.4. The van der Waals surface area contributed by atoms with Crippen LogP contribution in [0.1, 0.15) is 20.8 Å². The van der Waals surface area contributed by atoms with Gasteiger partial charge in [0.15, 0.2) is 0 Å². The summed E-state index contributed by atoms with van der Waals surface area (Å²) in [5.74, 6) is -0.0486. The van der Waals surface area contributed by atoms with E-state index in [1.807, 2.05) is 25.9 Å². The van der Waals surface area contributed by atoms with Crippen molar-refractivity contribution in [2.75, 3.05) is 14.1 Å². The molecule has 0 spiro atoms. The molecule has 0 saturated heterocycles. The van der Waals surface area contributed by atoms with Gasteiger partial charge >= 0.3 is 0 Å². The zero-order valence-electron chi connectivity index (χ0n) is 8.51. The molecule has 3 N–H and O–H groups in total. The van der Waals surface area contributed by atoms with Crippen LogP contribution in [0.25, 0.3) is 0 Å². The molecule has 0 unspecified atom stereocenters. The molecule has 4 nitrogen and oxygen atoms in total. The van der Waals surface area contributed by atoms with E-state index in [4.69, 9.17) is 5.73 Å². The molecule has 12 heavy (non-hydrogen) atoms. The molecule has 0 fully saturated rings. The molecule has 0 radical (unpaired) electrons. The van der Waals surface area contributed by atoms with Gasteiger partial charge in [0.2, 0.25) is 5.91 Å². The van der Waals surface area contributed by atoms with Crippen molar-refractivity contribution >= 4 is 5.91 Å². The lowest BCUT2D eigenvalue weighted by Crippen LogP contribution is -2.55. The first-order chi connectivity index (χ1) is 5.24. The fourth-order valence-corrected chi connectivity index (χ4v) is 0.656. The molecule has 0 aromatic rings. The molecule has 72 valence electrons. The Kier molecular flexibility index (Phi) is 3.67. The maximum Gasteiger partial charge on any atom is 0.238 e. The van der Waals surface area contributed by atoms with Gasteiger partial charge in [-0.15, -0.1) is 0 Å². The van der Waals surface area contributed by atoms with Gasteiger partial charge in [0.25, 0.3) is 0 Å². The van der Waals surface area contributed by atoms with E-state index >= 15 is 0 Å². The number of amides is 1. The van der Waals surface area contributed by atoms with Crippen molar-refractivity contribution in [1.82, 2.24) is 10.2 Å². The minimum atomic E-state index is -0.638. The Balaban J connectivity index is 4.05. The van der Waals surface area contributed by atoms with Crippen LogP contribution in [0.2, 0.25) is 0 Å². The van der Waals surface area contributed by atoms with Crippen molar-refractivity contribution in [2.24, 2.45) is 5.73 Å². The topological polar surface area (TPSA) is 58.4 Å². The van der Waals surface area contributed by atoms with Gasteiger partial charge in [-0.3, -0.25) is 9.69 Å². The van der Waals surface area contributed by atoms with Crippen LogP contribution in [-0.4, -0.2) is 36.6 Å². The van der Waals surface area contributed by atoms with E-state index in [0.29, 0.717) is 0 Å². The Bertz CT molecular complexity index is 160. The molecule has 1 atom stereocenters. The lowest BCUT2D eigenvalue weighted by atomic mass is 10.2. The second kappa shape index (κ2) is 3.87. The Labute approximate surface area is 74.1 Å². The standard InChI is InChI=1S/C8H19N3O/c1-6(11(4)5)7(12)10-8(2,3)9/h6H,9H2,1-5H3,(H,10,12)/t6-/m0/s1. The van der Waals surface area contributed by atoms with E-state index in [1.165, 1.54) is 0 Å². The first-order valence-electron chi connectivity index (χ1n) is 4.01. The molecule has 0 aliphatic heterocycles. The number of likely N-dealkylation sites (N-methyl/N-ethyl adjacent to an activating group) is 1. The molecular formula is C8H19N3O. The van der Waals surface area contributed by atoms with Crippen molar-refractivity contribution < 1.29 is 4.79 Å². The van der Waals surface area contributed by atoms with Crippen LogP contribution in [0.3, 0.4) is 0 Å². The number of nitrogens with one attached hydrogen (secondary N) is 1. The molecule has 0 bridgehead atoms. The highest BCUT2D eigenvalue weighted by molar-refractivity contribution is 5.81. The van der Waals surface area contributed by atoms with Crippen LogP contribution in [0.4, 0.5) is 0 Å². The van der Waals surface area contributed by atoms with Crippen LogP contribution >= 0.6 is 0 Å². The van der Waals surface area contributed by atoms with E-state index in [9.17, 15) is 4.79 Å². The molecule has 0 aliphatic rings. The van der Waals surface area contributed by atoms with E-state index in [0.717, 1.165) is 0 Å². The zero-order chi connectivity index (χ0) is 9.94. The van der Waals surface area contributed by atoms with Crippen LogP contribution in [0, 0.1) is 0 Å². The van der Waals surface area contributed by atoms with E-state index in [2.05, 4.69) is 5.32 Å². The normalized spacial score (nSPS) is 14.6.